The number of rotatable bonds is 8. The van der Waals surface area contributed by atoms with Gasteiger partial charge < -0.3 is 10.2 Å². The number of allylic oxidation sites excluding steroid dienone is 1. The molecule has 0 aliphatic rings. The molecule has 0 aromatic carbocycles. The highest BCUT2D eigenvalue weighted by Gasteiger charge is 2.03. The van der Waals surface area contributed by atoms with Gasteiger partial charge in [-0.25, -0.2) is 0 Å². The van der Waals surface area contributed by atoms with Crippen LogP contribution in [0.1, 0.15) is 32.4 Å². The van der Waals surface area contributed by atoms with E-state index in [1.54, 1.807) is 0 Å². The Bertz CT molecular complexity index is 361. The molecule has 1 aromatic heterocycles. The van der Waals surface area contributed by atoms with Gasteiger partial charge in [-0.2, -0.15) is 0 Å². The summed E-state index contributed by atoms with van der Waals surface area (Å²) in [7, 11) is 2.12. The maximum Gasteiger partial charge on any atom is 0.0562 e. The lowest BCUT2D eigenvalue weighted by atomic mass is 10.2. The molecule has 0 fully saturated rings. The summed E-state index contributed by atoms with van der Waals surface area (Å²) in [5, 5.41) is 3.39. The molecule has 0 saturated heterocycles. The summed E-state index contributed by atoms with van der Waals surface area (Å²) in [5.74, 6) is 0. The van der Waals surface area contributed by atoms with E-state index in [-0.39, 0.29) is 0 Å². The molecule has 1 N–H and O–H groups in total. The first kappa shape index (κ1) is 14.7. The average Bonchev–Trinajstić information content (AvgIpc) is 2.37. The zero-order chi connectivity index (χ0) is 13.4. The van der Waals surface area contributed by atoms with E-state index in [0.717, 1.165) is 31.6 Å². The van der Waals surface area contributed by atoms with Crippen molar-refractivity contribution in [2.45, 2.75) is 39.3 Å². The molecular weight excluding hydrogens is 222 g/mol. The molecule has 0 bridgehead atoms. The predicted molar refractivity (Wildman–Crippen MR) is 78.9 cm³/mol. The highest BCUT2D eigenvalue weighted by Crippen LogP contribution is 2.13. The van der Waals surface area contributed by atoms with E-state index in [0.29, 0.717) is 6.04 Å². The first-order valence-electron chi connectivity index (χ1n) is 6.64. The largest absolute Gasteiger partial charge is 0.374 e. The molecule has 0 saturated carbocycles. The molecule has 0 unspecified atom stereocenters. The molecule has 0 atom stereocenters. The van der Waals surface area contributed by atoms with Crippen molar-refractivity contribution in [2.75, 3.05) is 18.5 Å². The quantitative estimate of drug-likeness (QED) is 0.565. The molecule has 18 heavy (non-hydrogen) atoms. The fourth-order valence-corrected chi connectivity index (χ4v) is 1.71. The first-order chi connectivity index (χ1) is 8.63. The molecule has 0 amide bonds. The molecule has 1 rings (SSSR count). The van der Waals surface area contributed by atoms with Crippen LogP contribution in [0.4, 0.5) is 5.69 Å². The van der Waals surface area contributed by atoms with Crippen LogP contribution in [0.2, 0.25) is 0 Å². The first-order valence-corrected chi connectivity index (χ1v) is 6.64. The van der Waals surface area contributed by atoms with Crippen molar-refractivity contribution in [1.82, 2.24) is 10.3 Å². The zero-order valence-electron chi connectivity index (χ0n) is 11.8. The number of unbranched alkanes of at least 4 members (excludes halogenated alkanes) is 1. The summed E-state index contributed by atoms with van der Waals surface area (Å²) in [5.41, 5.74) is 2.33. The molecule has 0 aliphatic carbocycles. The zero-order valence-corrected chi connectivity index (χ0v) is 11.8. The minimum atomic E-state index is 0.487. The van der Waals surface area contributed by atoms with Crippen molar-refractivity contribution in [2.24, 2.45) is 0 Å². The van der Waals surface area contributed by atoms with E-state index in [2.05, 4.69) is 54.8 Å². The lowest BCUT2D eigenvalue weighted by Gasteiger charge is -2.19. The van der Waals surface area contributed by atoms with Crippen molar-refractivity contribution < 1.29 is 0 Å². The van der Waals surface area contributed by atoms with Crippen molar-refractivity contribution in [3.63, 3.8) is 0 Å². The molecule has 0 radical (unpaired) electrons. The van der Waals surface area contributed by atoms with E-state index in [1.807, 2.05) is 12.3 Å². The number of hydrogen-bond acceptors (Lipinski definition) is 3. The van der Waals surface area contributed by atoms with Crippen LogP contribution in [0.15, 0.2) is 31.0 Å². The third kappa shape index (κ3) is 5.32. The SMILES string of the molecule is C=CCCCN(C)c1ccnc(CNC(C)C)c1. The Balaban J connectivity index is 2.54. The Kier molecular flexibility index (Phi) is 6.44. The maximum atomic E-state index is 4.38. The predicted octanol–water partition coefficient (Wildman–Crippen LogP) is 2.98. The molecule has 0 spiro atoms. The van der Waals surface area contributed by atoms with Crippen molar-refractivity contribution >= 4 is 5.69 Å². The molecule has 1 heterocycles. The molecule has 3 heteroatoms. The van der Waals surface area contributed by atoms with E-state index >= 15 is 0 Å². The topological polar surface area (TPSA) is 28.2 Å². The number of nitrogens with zero attached hydrogens (tertiary/aromatic N) is 2. The second-order valence-electron chi connectivity index (χ2n) is 4.89. The van der Waals surface area contributed by atoms with Crippen LogP contribution < -0.4 is 10.2 Å². The highest BCUT2D eigenvalue weighted by molar-refractivity contribution is 5.45. The van der Waals surface area contributed by atoms with E-state index in [4.69, 9.17) is 0 Å². The monoisotopic (exact) mass is 247 g/mol. The average molecular weight is 247 g/mol. The van der Waals surface area contributed by atoms with E-state index in [9.17, 15) is 0 Å². The Hall–Kier alpha value is -1.35. The lowest BCUT2D eigenvalue weighted by Crippen LogP contribution is -2.23. The third-order valence-electron chi connectivity index (χ3n) is 2.83. The highest BCUT2D eigenvalue weighted by atomic mass is 15.1. The number of anilines is 1. The second-order valence-corrected chi connectivity index (χ2v) is 4.89. The second kappa shape index (κ2) is 7.88. The van der Waals surface area contributed by atoms with Crippen LogP contribution in [0, 0.1) is 0 Å². The number of nitrogens with one attached hydrogen (secondary N) is 1. The number of hydrogen-bond donors (Lipinski definition) is 1. The Morgan fingerprint density at radius 1 is 1.50 bits per heavy atom. The van der Waals surface area contributed by atoms with Crippen LogP contribution in [-0.4, -0.2) is 24.6 Å². The molecule has 1 aromatic rings. The van der Waals surface area contributed by atoms with Crippen molar-refractivity contribution in [3.8, 4) is 0 Å². The van der Waals surface area contributed by atoms with Crippen LogP contribution in [-0.2, 0) is 6.54 Å². The van der Waals surface area contributed by atoms with Crippen molar-refractivity contribution in [1.29, 1.82) is 0 Å². The van der Waals surface area contributed by atoms with E-state index in [1.165, 1.54) is 5.69 Å². The Morgan fingerprint density at radius 3 is 2.94 bits per heavy atom. The van der Waals surface area contributed by atoms with E-state index < -0.39 is 0 Å². The number of aromatic nitrogens is 1. The van der Waals surface area contributed by atoms with Crippen molar-refractivity contribution in [3.05, 3.63) is 36.7 Å². The standard InChI is InChI=1S/C15H25N3/c1-5-6-7-10-18(4)15-8-9-16-14(11-15)12-17-13(2)3/h5,8-9,11,13,17H,1,6-7,10,12H2,2-4H3. The Morgan fingerprint density at radius 2 is 2.28 bits per heavy atom. The maximum absolute atomic E-state index is 4.38. The van der Waals surface area contributed by atoms with Gasteiger partial charge in [0.2, 0.25) is 0 Å². The van der Waals surface area contributed by atoms with Crippen LogP contribution in [0.25, 0.3) is 0 Å². The fraction of sp³-hybridized carbons (Fsp3) is 0.533. The number of pyridine rings is 1. The van der Waals surface area contributed by atoms with Gasteiger partial charge in [-0.3, -0.25) is 4.98 Å². The van der Waals surface area contributed by atoms with Gasteiger partial charge in [0, 0.05) is 38.1 Å². The molecule has 100 valence electrons. The van der Waals surface area contributed by atoms with Crippen LogP contribution in [0.5, 0.6) is 0 Å². The van der Waals surface area contributed by atoms with Crippen LogP contribution in [0.3, 0.4) is 0 Å². The summed E-state index contributed by atoms with van der Waals surface area (Å²) >= 11 is 0. The van der Waals surface area contributed by atoms with Gasteiger partial charge in [0.05, 0.1) is 5.69 Å². The van der Waals surface area contributed by atoms with Gasteiger partial charge in [-0.15, -0.1) is 6.58 Å². The lowest BCUT2D eigenvalue weighted by molar-refractivity contribution is 0.581. The fourth-order valence-electron chi connectivity index (χ4n) is 1.71. The van der Waals surface area contributed by atoms with Gasteiger partial charge >= 0.3 is 0 Å². The normalized spacial score (nSPS) is 10.7. The third-order valence-corrected chi connectivity index (χ3v) is 2.83. The summed E-state index contributed by atoms with van der Waals surface area (Å²) in [6, 6.07) is 4.71. The summed E-state index contributed by atoms with van der Waals surface area (Å²) < 4.78 is 0. The van der Waals surface area contributed by atoms with Gasteiger partial charge in [-0.05, 0) is 25.0 Å². The van der Waals surface area contributed by atoms with Gasteiger partial charge in [-0.1, -0.05) is 19.9 Å². The smallest absolute Gasteiger partial charge is 0.0562 e. The summed E-state index contributed by atoms with van der Waals surface area (Å²) in [4.78, 5) is 6.65. The van der Waals surface area contributed by atoms with Gasteiger partial charge in [0.1, 0.15) is 0 Å². The minimum Gasteiger partial charge on any atom is -0.374 e. The molecular formula is C15H25N3. The molecule has 3 nitrogen and oxygen atoms in total. The summed E-state index contributed by atoms with van der Waals surface area (Å²) in [6.07, 6.45) is 6.06. The van der Waals surface area contributed by atoms with Crippen LogP contribution >= 0.6 is 0 Å². The van der Waals surface area contributed by atoms with Gasteiger partial charge in [0.25, 0.3) is 0 Å². The Labute approximate surface area is 111 Å². The summed E-state index contributed by atoms with van der Waals surface area (Å²) in [6.45, 7) is 9.91. The van der Waals surface area contributed by atoms with Gasteiger partial charge in [0.15, 0.2) is 0 Å². The molecule has 0 aliphatic heterocycles. The minimum absolute atomic E-state index is 0.487.